The van der Waals surface area contributed by atoms with Crippen LogP contribution in [0.3, 0.4) is 0 Å². The predicted molar refractivity (Wildman–Crippen MR) is 224 cm³/mol. The number of rotatable bonds is 13. The number of imidazole rings is 2. The Bertz CT molecular complexity index is 2500. The first-order valence-electron chi connectivity index (χ1n) is 20.2. The highest BCUT2D eigenvalue weighted by Gasteiger charge is 2.37. The quantitative estimate of drug-likeness (QED) is 0.0908. The normalized spacial score (nSPS) is 15.3. The van der Waals surface area contributed by atoms with Gasteiger partial charge in [0.1, 0.15) is 34.9 Å². The first-order chi connectivity index (χ1) is 28.4. The molecule has 3 aromatic carbocycles. The maximum atomic E-state index is 13.7. The van der Waals surface area contributed by atoms with Crippen LogP contribution in [0, 0.1) is 11.8 Å². The average Bonchev–Trinajstić information content (AvgIpc) is 4.05. The fraction of sp³-hybridized carbons (Fsp3) is 0.409. The van der Waals surface area contributed by atoms with Gasteiger partial charge < -0.3 is 44.3 Å². The van der Waals surface area contributed by atoms with E-state index in [0.717, 1.165) is 80.4 Å². The molecule has 0 spiro atoms. The summed E-state index contributed by atoms with van der Waals surface area (Å²) in [7, 11) is 2.57. The van der Waals surface area contributed by atoms with E-state index < -0.39 is 24.3 Å². The van der Waals surface area contributed by atoms with Crippen molar-refractivity contribution < 1.29 is 33.1 Å². The van der Waals surface area contributed by atoms with Gasteiger partial charge in [0.15, 0.2) is 0 Å². The van der Waals surface area contributed by atoms with E-state index in [2.05, 4.69) is 43.8 Å². The SMILES string of the molecule is CCCN(Cc1ncc(-c2ccc3c(c2)oc2cc(-c4ccc5nc([C@@H]6CCCN6C(=O)[C@@H](NC(=O)OC)C(C)C)[nH]c5c4)ccc23)[nH]1)C(=O)[C@@H](NC(=O)OC)C(C)C. The van der Waals surface area contributed by atoms with Crippen LogP contribution >= 0.6 is 0 Å². The monoisotopic (exact) mass is 804 g/mol. The lowest BCUT2D eigenvalue weighted by Gasteiger charge is -2.29. The molecule has 6 aromatic rings. The zero-order valence-corrected chi connectivity index (χ0v) is 34.5. The number of ether oxygens (including phenoxy) is 2. The van der Waals surface area contributed by atoms with Gasteiger partial charge in [-0.15, -0.1) is 0 Å². The van der Waals surface area contributed by atoms with Crippen LogP contribution in [-0.2, 0) is 25.6 Å². The summed E-state index contributed by atoms with van der Waals surface area (Å²) < 4.78 is 16.0. The van der Waals surface area contributed by atoms with Crippen LogP contribution in [0.15, 0.2) is 65.2 Å². The number of fused-ring (bicyclic) bond motifs is 4. The minimum Gasteiger partial charge on any atom is -0.456 e. The number of nitrogens with zero attached hydrogens (tertiary/aromatic N) is 4. The number of alkyl carbamates (subject to hydrolysis) is 2. The molecule has 4 heterocycles. The zero-order valence-electron chi connectivity index (χ0n) is 34.5. The van der Waals surface area contributed by atoms with Gasteiger partial charge in [0.2, 0.25) is 11.8 Å². The Morgan fingerprint density at radius 2 is 1.49 bits per heavy atom. The van der Waals surface area contributed by atoms with Crippen molar-refractivity contribution in [2.45, 2.75) is 78.6 Å². The van der Waals surface area contributed by atoms with Crippen LogP contribution in [0.1, 0.15) is 71.6 Å². The third-order valence-electron chi connectivity index (χ3n) is 11.0. The van der Waals surface area contributed by atoms with Gasteiger partial charge in [0, 0.05) is 29.4 Å². The van der Waals surface area contributed by atoms with Gasteiger partial charge in [0.05, 0.1) is 49.7 Å². The standard InChI is InChI=1S/C44H52N8O7/c1-8-17-51(41(53)38(24(2)3)49-43(55)57-6)23-37-45-22-33(46-37)28-12-15-30-29-14-11-27(20-35(29)59-36(30)21-28)26-13-16-31-32(19-26)48-40(47-31)34-10-9-18-52(34)42(54)39(25(4)5)50-44(56)58-7/h11-16,19-22,24-25,34,38-39H,8-10,17-18,23H2,1-7H3,(H,45,46)(H,47,48)(H,49,55)(H,50,56)/t34-,38-,39-/m0/s1. The molecular weight excluding hydrogens is 753 g/mol. The summed E-state index contributed by atoms with van der Waals surface area (Å²) in [6.45, 7) is 10.9. The fourth-order valence-corrected chi connectivity index (χ4v) is 7.89. The van der Waals surface area contributed by atoms with Crippen LogP contribution in [0.25, 0.3) is 55.4 Å². The summed E-state index contributed by atoms with van der Waals surface area (Å²) in [5.41, 5.74) is 6.78. The largest absolute Gasteiger partial charge is 0.456 e. The van der Waals surface area contributed by atoms with Crippen LogP contribution in [-0.4, -0.2) is 93.1 Å². The van der Waals surface area contributed by atoms with Crippen LogP contribution < -0.4 is 10.6 Å². The minimum absolute atomic E-state index is 0.118. The molecule has 1 saturated heterocycles. The molecule has 15 heteroatoms. The maximum absolute atomic E-state index is 13.7. The van der Waals surface area contributed by atoms with E-state index in [-0.39, 0.29) is 36.2 Å². The van der Waals surface area contributed by atoms with Crippen molar-refractivity contribution >= 4 is 57.0 Å². The smallest absolute Gasteiger partial charge is 0.407 e. The molecule has 59 heavy (non-hydrogen) atoms. The van der Waals surface area contributed by atoms with E-state index >= 15 is 0 Å². The van der Waals surface area contributed by atoms with E-state index in [1.165, 1.54) is 14.2 Å². The third-order valence-corrected chi connectivity index (χ3v) is 11.0. The van der Waals surface area contributed by atoms with Crippen molar-refractivity contribution in [3.8, 4) is 22.4 Å². The molecule has 0 radical (unpaired) electrons. The van der Waals surface area contributed by atoms with Gasteiger partial charge in [-0.1, -0.05) is 52.8 Å². The number of nitrogens with one attached hydrogen (secondary N) is 4. The molecule has 0 aliphatic carbocycles. The Kier molecular flexibility index (Phi) is 11.9. The molecular formula is C44H52N8O7. The molecule has 4 N–H and O–H groups in total. The Labute approximate surface area is 342 Å². The number of furan rings is 1. The van der Waals surface area contributed by atoms with Gasteiger partial charge in [-0.05, 0) is 78.6 Å². The maximum Gasteiger partial charge on any atom is 0.407 e. The number of likely N-dealkylation sites (tertiary alicyclic amines) is 1. The molecule has 1 aliphatic heterocycles. The van der Waals surface area contributed by atoms with Crippen molar-refractivity contribution in [2.24, 2.45) is 11.8 Å². The molecule has 7 rings (SSSR count). The number of aromatic amines is 2. The van der Waals surface area contributed by atoms with Gasteiger partial charge >= 0.3 is 12.2 Å². The van der Waals surface area contributed by atoms with Crippen molar-refractivity contribution in [3.05, 3.63) is 72.4 Å². The predicted octanol–water partition coefficient (Wildman–Crippen LogP) is 7.68. The van der Waals surface area contributed by atoms with Gasteiger partial charge in [-0.25, -0.2) is 19.6 Å². The highest BCUT2D eigenvalue weighted by Crippen LogP contribution is 2.36. The Morgan fingerprint density at radius 3 is 2.15 bits per heavy atom. The third kappa shape index (κ3) is 8.45. The average molecular weight is 805 g/mol. The summed E-state index contributed by atoms with van der Waals surface area (Å²) in [6, 6.07) is 16.7. The van der Waals surface area contributed by atoms with E-state index in [1.54, 1.807) is 11.1 Å². The lowest BCUT2D eigenvalue weighted by atomic mass is 10.0. The second-order valence-electron chi connectivity index (χ2n) is 15.8. The number of hydrogen-bond donors (Lipinski definition) is 4. The number of amides is 4. The topological polar surface area (TPSA) is 188 Å². The molecule has 1 aliphatic rings. The number of methoxy groups -OCH3 is 2. The lowest BCUT2D eigenvalue weighted by Crippen LogP contribution is -2.51. The van der Waals surface area contributed by atoms with E-state index in [9.17, 15) is 19.2 Å². The van der Waals surface area contributed by atoms with E-state index in [0.29, 0.717) is 18.9 Å². The molecule has 3 atom stereocenters. The van der Waals surface area contributed by atoms with Crippen molar-refractivity contribution in [1.29, 1.82) is 0 Å². The van der Waals surface area contributed by atoms with Gasteiger partial charge in [-0.2, -0.15) is 0 Å². The summed E-state index contributed by atoms with van der Waals surface area (Å²) in [5, 5.41) is 7.36. The second kappa shape index (κ2) is 17.2. The Hall–Kier alpha value is -6.38. The van der Waals surface area contributed by atoms with E-state index in [1.807, 2.05) is 75.9 Å². The Balaban J connectivity index is 1.09. The first kappa shape index (κ1) is 40.8. The number of H-pyrrole nitrogens is 2. The number of hydrogen-bond acceptors (Lipinski definition) is 9. The fourth-order valence-electron chi connectivity index (χ4n) is 7.89. The zero-order chi connectivity index (χ0) is 42.0. The highest BCUT2D eigenvalue weighted by molar-refractivity contribution is 6.07. The number of benzene rings is 3. The Morgan fingerprint density at radius 1 is 0.864 bits per heavy atom. The van der Waals surface area contributed by atoms with Gasteiger partial charge in [-0.3, -0.25) is 9.59 Å². The number of aromatic nitrogens is 4. The number of carbonyl (C=O) groups is 4. The lowest BCUT2D eigenvalue weighted by molar-refractivity contribution is -0.136. The minimum atomic E-state index is -0.727. The van der Waals surface area contributed by atoms with Crippen molar-refractivity contribution in [3.63, 3.8) is 0 Å². The molecule has 1 fully saturated rings. The van der Waals surface area contributed by atoms with Crippen molar-refractivity contribution in [1.82, 2.24) is 40.4 Å². The first-order valence-corrected chi connectivity index (χ1v) is 20.2. The summed E-state index contributed by atoms with van der Waals surface area (Å²) in [6.07, 6.45) is 2.82. The van der Waals surface area contributed by atoms with Crippen LogP contribution in [0.5, 0.6) is 0 Å². The van der Waals surface area contributed by atoms with Gasteiger partial charge in [0.25, 0.3) is 0 Å². The number of carbonyl (C=O) groups excluding carboxylic acids is 4. The molecule has 15 nitrogen and oxygen atoms in total. The molecule has 310 valence electrons. The summed E-state index contributed by atoms with van der Waals surface area (Å²) >= 11 is 0. The molecule has 0 saturated carbocycles. The van der Waals surface area contributed by atoms with Crippen LogP contribution in [0.2, 0.25) is 0 Å². The molecule has 3 aromatic heterocycles. The second-order valence-corrected chi connectivity index (χ2v) is 15.8. The summed E-state index contributed by atoms with van der Waals surface area (Å²) in [4.78, 5) is 71.0. The summed E-state index contributed by atoms with van der Waals surface area (Å²) in [5.74, 6) is 0.746. The highest BCUT2D eigenvalue weighted by atomic mass is 16.5. The molecule has 4 amide bonds. The van der Waals surface area contributed by atoms with Crippen molar-refractivity contribution in [2.75, 3.05) is 27.3 Å². The molecule has 0 unspecified atom stereocenters. The molecule has 0 bridgehead atoms. The van der Waals surface area contributed by atoms with Crippen LogP contribution in [0.4, 0.5) is 9.59 Å². The van der Waals surface area contributed by atoms with E-state index in [4.69, 9.17) is 18.9 Å².